The van der Waals surface area contributed by atoms with Crippen molar-refractivity contribution >= 4 is 52.5 Å². The first-order chi connectivity index (χ1) is 14.9. The SMILES string of the molecule is CC[C@H]1CCCCN1c1nc2c(c(=O)[nH]1)[C@H](C(=O)Nc1cc(Cl)ccc1Cl)CC(=O)N2. The van der Waals surface area contributed by atoms with Crippen LogP contribution in [0.5, 0.6) is 0 Å². The van der Waals surface area contributed by atoms with Crippen LogP contribution in [0.25, 0.3) is 0 Å². The number of carbonyl (C=O) groups is 2. The number of hydrogen-bond acceptors (Lipinski definition) is 5. The lowest BCUT2D eigenvalue weighted by molar-refractivity contribution is -0.123. The Balaban J connectivity index is 1.67. The summed E-state index contributed by atoms with van der Waals surface area (Å²) in [5, 5.41) is 6.04. The zero-order chi connectivity index (χ0) is 22.1. The van der Waals surface area contributed by atoms with Crippen LogP contribution in [0.4, 0.5) is 17.5 Å². The highest BCUT2D eigenvalue weighted by atomic mass is 35.5. The molecule has 0 aliphatic carbocycles. The molecule has 3 heterocycles. The van der Waals surface area contributed by atoms with Gasteiger partial charge in [0.25, 0.3) is 5.56 Å². The summed E-state index contributed by atoms with van der Waals surface area (Å²) in [6.07, 6.45) is 3.93. The van der Waals surface area contributed by atoms with Gasteiger partial charge in [-0.25, -0.2) is 0 Å². The molecule has 164 valence electrons. The average Bonchev–Trinajstić information content (AvgIpc) is 2.75. The molecule has 1 saturated heterocycles. The topological polar surface area (TPSA) is 107 Å². The maximum atomic E-state index is 13.0. The van der Waals surface area contributed by atoms with Crippen LogP contribution in [0.2, 0.25) is 10.0 Å². The van der Waals surface area contributed by atoms with Crippen molar-refractivity contribution in [1.82, 2.24) is 9.97 Å². The minimum absolute atomic E-state index is 0.132. The molecule has 0 radical (unpaired) electrons. The largest absolute Gasteiger partial charge is 0.339 e. The van der Waals surface area contributed by atoms with Gasteiger partial charge in [-0.1, -0.05) is 30.1 Å². The number of anilines is 3. The minimum atomic E-state index is -0.993. The summed E-state index contributed by atoms with van der Waals surface area (Å²) in [7, 11) is 0. The zero-order valence-electron chi connectivity index (χ0n) is 17.0. The molecule has 8 nitrogen and oxygen atoms in total. The standard InChI is InChI=1S/C21H23Cl2N5O3/c1-2-12-5-3-4-8-28(12)21-26-18-17(20(31)27-21)13(10-16(29)25-18)19(30)24-15-9-11(22)6-7-14(15)23/h6-7,9,12-13H,2-5,8,10H2,1H3,(H,24,30)(H2,25,26,27,29,31)/t12-,13+/m0/s1. The molecule has 1 aromatic carbocycles. The number of carbonyl (C=O) groups excluding carboxylic acids is 2. The number of benzene rings is 1. The number of amides is 2. The van der Waals surface area contributed by atoms with Gasteiger partial charge in [-0.3, -0.25) is 19.4 Å². The van der Waals surface area contributed by atoms with E-state index >= 15 is 0 Å². The van der Waals surface area contributed by atoms with Crippen LogP contribution in [-0.2, 0) is 9.59 Å². The predicted molar refractivity (Wildman–Crippen MR) is 121 cm³/mol. The molecule has 4 rings (SSSR count). The first kappa shape index (κ1) is 21.6. The number of H-pyrrole nitrogens is 1. The monoisotopic (exact) mass is 463 g/mol. The summed E-state index contributed by atoms with van der Waals surface area (Å²) in [4.78, 5) is 47.8. The third-order valence-corrected chi connectivity index (χ3v) is 6.38. The van der Waals surface area contributed by atoms with Crippen LogP contribution in [0, 0.1) is 0 Å². The third-order valence-electron chi connectivity index (χ3n) is 5.81. The molecule has 2 aromatic rings. The Morgan fingerprint density at radius 2 is 2.10 bits per heavy atom. The molecular formula is C21H23Cl2N5O3. The molecule has 2 aliphatic rings. The van der Waals surface area contributed by atoms with E-state index < -0.39 is 17.4 Å². The second-order valence-electron chi connectivity index (χ2n) is 7.82. The third kappa shape index (κ3) is 4.41. The van der Waals surface area contributed by atoms with Gasteiger partial charge >= 0.3 is 0 Å². The maximum absolute atomic E-state index is 13.0. The minimum Gasteiger partial charge on any atom is -0.339 e. The van der Waals surface area contributed by atoms with Crippen molar-refractivity contribution in [3.05, 3.63) is 44.2 Å². The number of nitrogens with one attached hydrogen (secondary N) is 3. The van der Waals surface area contributed by atoms with Crippen LogP contribution in [0.1, 0.15) is 50.5 Å². The van der Waals surface area contributed by atoms with Gasteiger partial charge in [0.2, 0.25) is 17.8 Å². The molecule has 1 aromatic heterocycles. The Kier molecular flexibility index (Phi) is 6.20. The Morgan fingerprint density at radius 3 is 2.87 bits per heavy atom. The summed E-state index contributed by atoms with van der Waals surface area (Å²) in [6.45, 7) is 2.88. The lowest BCUT2D eigenvalue weighted by Gasteiger charge is -2.36. The van der Waals surface area contributed by atoms with Gasteiger partial charge in [0.15, 0.2) is 0 Å². The molecule has 0 bridgehead atoms. The van der Waals surface area contributed by atoms with Crippen molar-refractivity contribution in [3.63, 3.8) is 0 Å². The molecule has 0 spiro atoms. The van der Waals surface area contributed by atoms with Crippen molar-refractivity contribution in [3.8, 4) is 0 Å². The van der Waals surface area contributed by atoms with Gasteiger partial charge in [0.1, 0.15) is 5.82 Å². The average molecular weight is 464 g/mol. The Bertz CT molecular complexity index is 1090. The number of piperidine rings is 1. The van der Waals surface area contributed by atoms with Crippen molar-refractivity contribution in [2.24, 2.45) is 0 Å². The van der Waals surface area contributed by atoms with Crippen LogP contribution < -0.4 is 21.1 Å². The highest BCUT2D eigenvalue weighted by Crippen LogP contribution is 2.33. The molecule has 1 fully saturated rings. The Hall–Kier alpha value is -2.58. The number of fused-ring (bicyclic) bond motifs is 1. The van der Waals surface area contributed by atoms with E-state index in [-0.39, 0.29) is 29.8 Å². The smallest absolute Gasteiger partial charge is 0.258 e. The van der Waals surface area contributed by atoms with E-state index in [2.05, 4.69) is 32.4 Å². The molecule has 2 amide bonds. The van der Waals surface area contributed by atoms with Crippen molar-refractivity contribution < 1.29 is 9.59 Å². The molecule has 3 N–H and O–H groups in total. The number of halogens is 2. The maximum Gasteiger partial charge on any atom is 0.258 e. The molecule has 10 heteroatoms. The van der Waals surface area contributed by atoms with Crippen molar-refractivity contribution in [2.75, 3.05) is 22.1 Å². The molecular weight excluding hydrogens is 441 g/mol. The number of hydrogen-bond donors (Lipinski definition) is 3. The van der Waals surface area contributed by atoms with E-state index in [1.54, 1.807) is 12.1 Å². The lowest BCUT2D eigenvalue weighted by Crippen LogP contribution is -2.43. The van der Waals surface area contributed by atoms with Gasteiger partial charge in [-0.2, -0.15) is 4.98 Å². The van der Waals surface area contributed by atoms with Crippen LogP contribution in [-0.4, -0.2) is 34.4 Å². The number of aromatic amines is 1. The van der Waals surface area contributed by atoms with Gasteiger partial charge in [0, 0.05) is 24.0 Å². The second-order valence-corrected chi connectivity index (χ2v) is 8.67. The van der Waals surface area contributed by atoms with Gasteiger partial charge < -0.3 is 15.5 Å². The molecule has 0 unspecified atom stereocenters. The van der Waals surface area contributed by atoms with Crippen molar-refractivity contribution in [2.45, 2.75) is 51.0 Å². The number of aromatic nitrogens is 2. The molecule has 31 heavy (non-hydrogen) atoms. The Labute approximate surface area is 189 Å². The Morgan fingerprint density at radius 1 is 1.29 bits per heavy atom. The van der Waals surface area contributed by atoms with Gasteiger partial charge in [-0.15, -0.1) is 0 Å². The fraction of sp³-hybridized carbons (Fsp3) is 0.429. The summed E-state index contributed by atoms with van der Waals surface area (Å²) in [6, 6.07) is 4.95. The molecule has 2 aliphatic heterocycles. The molecule has 0 saturated carbocycles. The lowest BCUT2D eigenvalue weighted by atomic mass is 9.92. The van der Waals surface area contributed by atoms with E-state index in [9.17, 15) is 14.4 Å². The summed E-state index contributed by atoms with van der Waals surface area (Å²) in [5.41, 5.74) is 0.0219. The van der Waals surface area contributed by atoms with Crippen LogP contribution in [0.15, 0.2) is 23.0 Å². The van der Waals surface area contributed by atoms with Crippen LogP contribution in [0.3, 0.4) is 0 Å². The van der Waals surface area contributed by atoms with E-state index in [1.807, 2.05) is 0 Å². The van der Waals surface area contributed by atoms with E-state index in [0.29, 0.717) is 21.7 Å². The summed E-state index contributed by atoms with van der Waals surface area (Å²) >= 11 is 12.1. The first-order valence-electron chi connectivity index (χ1n) is 10.3. The number of rotatable bonds is 4. The highest BCUT2D eigenvalue weighted by molar-refractivity contribution is 6.35. The quantitative estimate of drug-likeness (QED) is 0.636. The highest BCUT2D eigenvalue weighted by Gasteiger charge is 2.36. The van der Waals surface area contributed by atoms with Gasteiger partial charge in [-0.05, 0) is 43.9 Å². The molecule has 2 atom stereocenters. The van der Waals surface area contributed by atoms with E-state index in [4.69, 9.17) is 23.2 Å². The normalized spacial score (nSPS) is 20.7. The van der Waals surface area contributed by atoms with Crippen molar-refractivity contribution in [1.29, 1.82) is 0 Å². The first-order valence-corrected chi connectivity index (χ1v) is 11.1. The summed E-state index contributed by atoms with van der Waals surface area (Å²) in [5.74, 6) is -1.33. The summed E-state index contributed by atoms with van der Waals surface area (Å²) < 4.78 is 0. The zero-order valence-corrected chi connectivity index (χ0v) is 18.5. The number of nitrogens with zero attached hydrogens (tertiary/aromatic N) is 2. The van der Waals surface area contributed by atoms with E-state index in [1.165, 1.54) is 6.07 Å². The fourth-order valence-electron chi connectivity index (χ4n) is 4.24. The van der Waals surface area contributed by atoms with Crippen LogP contribution >= 0.6 is 23.2 Å². The predicted octanol–water partition coefficient (Wildman–Crippen LogP) is 3.91. The van der Waals surface area contributed by atoms with Gasteiger partial charge in [0.05, 0.1) is 22.2 Å². The van der Waals surface area contributed by atoms with E-state index in [0.717, 1.165) is 32.2 Å². The fourth-order valence-corrected chi connectivity index (χ4v) is 4.57. The second kappa shape index (κ2) is 8.88.